The fraction of sp³-hybridized carbons (Fsp3) is 0.0130. The fourth-order valence-corrected chi connectivity index (χ4v) is 12.2. The van der Waals surface area contributed by atoms with Crippen molar-refractivity contribution in [1.29, 1.82) is 0 Å². The topological polar surface area (TPSA) is 3.24 Å². The largest absolute Gasteiger partial charge is 0.311 e. The summed E-state index contributed by atoms with van der Waals surface area (Å²) < 4.78 is 0. The lowest BCUT2D eigenvalue weighted by Gasteiger charge is -2.34. The Hall–Kier alpha value is -10.1. The molecular formula is C77H53N. The van der Waals surface area contributed by atoms with Gasteiger partial charge in [-0.2, -0.15) is 0 Å². The van der Waals surface area contributed by atoms with Crippen LogP contribution in [0, 0.1) is 0 Å². The van der Waals surface area contributed by atoms with E-state index in [4.69, 9.17) is 0 Å². The molecule has 13 aromatic rings. The van der Waals surface area contributed by atoms with E-state index < -0.39 is 5.41 Å². The van der Waals surface area contributed by atoms with Gasteiger partial charge >= 0.3 is 0 Å². The Morgan fingerprint density at radius 1 is 0.205 bits per heavy atom. The van der Waals surface area contributed by atoms with E-state index >= 15 is 0 Å². The maximum Gasteiger partial charge on any atom is 0.0713 e. The van der Waals surface area contributed by atoms with E-state index in [0.29, 0.717) is 0 Å². The van der Waals surface area contributed by atoms with E-state index in [-0.39, 0.29) is 0 Å². The van der Waals surface area contributed by atoms with E-state index in [0.717, 1.165) is 17.1 Å². The molecule has 0 saturated carbocycles. The summed E-state index contributed by atoms with van der Waals surface area (Å²) in [6, 6.07) is 118. The van der Waals surface area contributed by atoms with Crippen LogP contribution in [0.4, 0.5) is 17.1 Å². The van der Waals surface area contributed by atoms with Gasteiger partial charge in [0.15, 0.2) is 0 Å². The average Bonchev–Trinajstić information content (AvgIpc) is 4.05. The summed E-state index contributed by atoms with van der Waals surface area (Å²) in [4.78, 5) is 2.38. The first-order valence-electron chi connectivity index (χ1n) is 27.0. The minimum absolute atomic E-state index is 0.463. The van der Waals surface area contributed by atoms with E-state index in [2.05, 4.69) is 326 Å². The molecule has 1 nitrogen and oxygen atoms in total. The van der Waals surface area contributed by atoms with Crippen molar-refractivity contribution in [3.05, 3.63) is 344 Å². The van der Waals surface area contributed by atoms with Gasteiger partial charge in [0, 0.05) is 17.1 Å². The number of anilines is 3. The van der Waals surface area contributed by atoms with E-state index in [1.807, 2.05) is 0 Å². The van der Waals surface area contributed by atoms with Crippen LogP contribution in [0.1, 0.15) is 22.3 Å². The zero-order chi connectivity index (χ0) is 51.8. The maximum absolute atomic E-state index is 2.38. The van der Waals surface area contributed by atoms with Crippen molar-refractivity contribution in [2.45, 2.75) is 5.41 Å². The Morgan fingerprint density at radius 3 is 1.10 bits per heavy atom. The van der Waals surface area contributed by atoms with Crippen molar-refractivity contribution in [1.82, 2.24) is 0 Å². The van der Waals surface area contributed by atoms with Gasteiger partial charge in [0.2, 0.25) is 0 Å². The third kappa shape index (κ3) is 8.30. The zero-order valence-electron chi connectivity index (χ0n) is 43.0. The van der Waals surface area contributed by atoms with Gasteiger partial charge in [-0.3, -0.25) is 0 Å². The van der Waals surface area contributed by atoms with Crippen molar-refractivity contribution in [2.75, 3.05) is 4.90 Å². The highest BCUT2D eigenvalue weighted by Crippen LogP contribution is 2.58. The number of hydrogen-bond acceptors (Lipinski definition) is 1. The highest BCUT2D eigenvalue weighted by atomic mass is 15.1. The molecule has 0 saturated heterocycles. The lowest BCUT2D eigenvalue weighted by molar-refractivity contribution is 0.768. The van der Waals surface area contributed by atoms with Gasteiger partial charge < -0.3 is 4.90 Å². The normalized spacial score (nSPS) is 12.2. The molecule has 0 aromatic heterocycles. The summed E-state index contributed by atoms with van der Waals surface area (Å²) in [5.41, 5.74) is 24.8. The van der Waals surface area contributed by atoms with E-state index in [1.165, 1.54) is 111 Å². The van der Waals surface area contributed by atoms with Crippen molar-refractivity contribution in [3.8, 4) is 77.9 Å². The Kier molecular flexibility index (Phi) is 11.8. The predicted molar refractivity (Wildman–Crippen MR) is 329 cm³/mol. The van der Waals surface area contributed by atoms with Crippen LogP contribution >= 0.6 is 0 Å². The molecule has 0 heterocycles. The molecule has 0 N–H and O–H groups in total. The third-order valence-corrected chi connectivity index (χ3v) is 16.0. The van der Waals surface area contributed by atoms with Crippen LogP contribution in [0.5, 0.6) is 0 Å². The summed E-state index contributed by atoms with van der Waals surface area (Å²) in [6.07, 6.45) is 0. The monoisotopic (exact) mass is 991 g/mol. The van der Waals surface area contributed by atoms with Crippen LogP contribution in [0.3, 0.4) is 0 Å². The van der Waals surface area contributed by atoms with Crippen LogP contribution in [-0.4, -0.2) is 0 Å². The molecular weight excluding hydrogens is 939 g/mol. The first kappa shape index (κ1) is 46.5. The first-order valence-corrected chi connectivity index (χ1v) is 27.0. The number of fused-ring (bicyclic) bond motifs is 4. The number of benzene rings is 13. The number of nitrogens with zero attached hydrogens (tertiary/aromatic N) is 1. The second-order valence-corrected chi connectivity index (χ2v) is 20.4. The van der Waals surface area contributed by atoms with Crippen molar-refractivity contribution < 1.29 is 0 Å². The average molecular weight is 992 g/mol. The van der Waals surface area contributed by atoms with E-state index in [9.17, 15) is 0 Å². The van der Waals surface area contributed by atoms with Gasteiger partial charge in [0.25, 0.3) is 0 Å². The highest BCUT2D eigenvalue weighted by Gasteiger charge is 2.46. The third-order valence-electron chi connectivity index (χ3n) is 16.0. The second-order valence-electron chi connectivity index (χ2n) is 20.4. The molecule has 0 amide bonds. The summed E-state index contributed by atoms with van der Waals surface area (Å²) in [6.45, 7) is 0. The van der Waals surface area contributed by atoms with Gasteiger partial charge in [-0.05, 0) is 166 Å². The van der Waals surface area contributed by atoms with Gasteiger partial charge in [-0.25, -0.2) is 0 Å². The lowest BCUT2D eigenvalue weighted by atomic mass is 9.67. The first-order chi connectivity index (χ1) is 38.7. The summed E-state index contributed by atoms with van der Waals surface area (Å²) >= 11 is 0. The SMILES string of the molecule is c1ccc(-c2cccc(-c3ccc(N(c4ccc(-c5ccc(-c6cccc(-c7ccc8ccccc8c7)c6)cc5)cc4)c4ccc(-c5cccc6c5-c5ccccc5C6(c5ccccc5)c5ccccc5)cc4)cc3)c2)cc1. The molecule has 13 aromatic carbocycles. The summed E-state index contributed by atoms with van der Waals surface area (Å²) in [5.74, 6) is 0. The standard InChI is InChI=1S/C77H53N/c1-4-17-54(18-5-1)62-21-14-22-63(51-62)59-41-47-70(48-42-59)78(69-45-39-57(40-46-69)56-33-35-58(36-34-56)64-23-15-24-65(52-64)66-38-37-55-19-10-11-20-61(55)53-66)71-49-43-60(44-50-71)72-30-16-32-75-76(72)73-29-12-13-31-74(73)77(75,67-25-6-2-7-26-67)68-27-8-3-9-28-68/h1-53H. The van der Waals surface area contributed by atoms with Crippen LogP contribution < -0.4 is 4.90 Å². The van der Waals surface area contributed by atoms with Crippen LogP contribution in [0.15, 0.2) is 322 Å². The second kappa shape index (κ2) is 19.9. The molecule has 0 fully saturated rings. The molecule has 0 atom stereocenters. The van der Waals surface area contributed by atoms with Gasteiger partial charge in [-0.15, -0.1) is 0 Å². The molecule has 1 heteroatoms. The smallest absolute Gasteiger partial charge is 0.0713 e. The Bertz CT molecular complexity index is 4220. The molecule has 14 rings (SSSR count). The predicted octanol–water partition coefficient (Wildman–Crippen LogP) is 20.7. The van der Waals surface area contributed by atoms with Crippen molar-refractivity contribution in [2.24, 2.45) is 0 Å². The molecule has 0 aliphatic heterocycles. The van der Waals surface area contributed by atoms with Crippen LogP contribution in [0.25, 0.3) is 88.7 Å². The Labute approximate surface area is 457 Å². The molecule has 0 unspecified atom stereocenters. The molecule has 0 radical (unpaired) electrons. The molecule has 0 bridgehead atoms. The summed E-state index contributed by atoms with van der Waals surface area (Å²) in [7, 11) is 0. The van der Waals surface area contributed by atoms with Crippen LogP contribution in [0.2, 0.25) is 0 Å². The van der Waals surface area contributed by atoms with Crippen molar-refractivity contribution in [3.63, 3.8) is 0 Å². The molecule has 78 heavy (non-hydrogen) atoms. The molecule has 0 spiro atoms. The maximum atomic E-state index is 2.38. The zero-order valence-corrected chi connectivity index (χ0v) is 43.0. The van der Waals surface area contributed by atoms with Gasteiger partial charge in [0.05, 0.1) is 5.41 Å². The minimum Gasteiger partial charge on any atom is -0.311 e. The molecule has 366 valence electrons. The Morgan fingerprint density at radius 2 is 0.551 bits per heavy atom. The molecule has 1 aliphatic carbocycles. The van der Waals surface area contributed by atoms with E-state index in [1.54, 1.807) is 0 Å². The quantitative estimate of drug-likeness (QED) is 0.125. The van der Waals surface area contributed by atoms with Crippen LogP contribution in [-0.2, 0) is 5.41 Å². The summed E-state index contributed by atoms with van der Waals surface area (Å²) in [5, 5.41) is 2.51. The number of rotatable bonds is 11. The Balaban J connectivity index is 0.815. The lowest BCUT2D eigenvalue weighted by Crippen LogP contribution is -2.28. The van der Waals surface area contributed by atoms with Gasteiger partial charge in [-0.1, -0.05) is 267 Å². The molecule has 1 aliphatic rings. The number of hydrogen-bond donors (Lipinski definition) is 0. The van der Waals surface area contributed by atoms with Crippen molar-refractivity contribution >= 4 is 27.8 Å². The van der Waals surface area contributed by atoms with Gasteiger partial charge in [0.1, 0.15) is 0 Å². The highest BCUT2D eigenvalue weighted by molar-refractivity contribution is 5.96. The fourth-order valence-electron chi connectivity index (χ4n) is 12.2. The minimum atomic E-state index is -0.463.